The summed E-state index contributed by atoms with van der Waals surface area (Å²) in [5.74, 6) is 5.29. The van der Waals surface area contributed by atoms with Gasteiger partial charge in [0.05, 0.1) is 6.04 Å². The normalized spacial score (nSPS) is 12.4. The maximum Gasteiger partial charge on any atom is 0.129 e. The quantitative estimate of drug-likeness (QED) is 0.612. The van der Waals surface area contributed by atoms with E-state index in [2.05, 4.69) is 37.3 Å². The molecule has 1 unspecified atom stereocenters. The second-order valence-electron chi connectivity index (χ2n) is 4.18. The Morgan fingerprint density at radius 1 is 1.16 bits per heavy atom. The van der Waals surface area contributed by atoms with Gasteiger partial charge in [-0.05, 0) is 30.2 Å². The Morgan fingerprint density at radius 2 is 1.89 bits per heavy atom. The van der Waals surface area contributed by atoms with Crippen LogP contribution in [0.15, 0.2) is 51.4 Å². The predicted octanol–water partition coefficient (Wildman–Crippen LogP) is 4.10. The molecule has 3 N–H and O–H groups in total. The van der Waals surface area contributed by atoms with Gasteiger partial charge in [-0.2, -0.15) is 0 Å². The summed E-state index contributed by atoms with van der Waals surface area (Å²) < 4.78 is 15.7. The fourth-order valence-corrected chi connectivity index (χ4v) is 2.71. The first-order chi connectivity index (χ1) is 9.11. The lowest BCUT2D eigenvalue weighted by Gasteiger charge is -2.18. The molecule has 19 heavy (non-hydrogen) atoms. The summed E-state index contributed by atoms with van der Waals surface area (Å²) in [7, 11) is 0. The van der Waals surface area contributed by atoms with Crippen molar-refractivity contribution in [2.75, 3.05) is 0 Å². The van der Waals surface area contributed by atoms with Gasteiger partial charge in [0.1, 0.15) is 5.82 Å². The van der Waals surface area contributed by atoms with Gasteiger partial charge in [0.15, 0.2) is 0 Å². The van der Waals surface area contributed by atoms with Crippen LogP contribution in [0.2, 0.25) is 0 Å². The first kappa shape index (κ1) is 14.7. The van der Waals surface area contributed by atoms with E-state index < -0.39 is 0 Å². The number of halogens is 3. The van der Waals surface area contributed by atoms with Crippen molar-refractivity contribution in [2.45, 2.75) is 12.5 Å². The highest BCUT2D eigenvalue weighted by Gasteiger charge is 2.16. The first-order valence-corrected chi connectivity index (χ1v) is 7.35. The molecule has 0 aromatic heterocycles. The Labute approximate surface area is 128 Å². The number of nitrogens with one attached hydrogen (secondary N) is 1. The molecule has 2 rings (SSSR count). The van der Waals surface area contributed by atoms with Gasteiger partial charge in [-0.25, -0.2) is 4.39 Å². The van der Waals surface area contributed by atoms with Crippen LogP contribution in [0.5, 0.6) is 0 Å². The smallest absolute Gasteiger partial charge is 0.129 e. The largest absolute Gasteiger partial charge is 0.271 e. The molecule has 0 spiro atoms. The third kappa shape index (κ3) is 3.63. The summed E-state index contributed by atoms with van der Waals surface area (Å²) in [5.41, 5.74) is 4.31. The van der Waals surface area contributed by atoms with E-state index in [0.29, 0.717) is 16.5 Å². The number of hydrogen-bond acceptors (Lipinski definition) is 2. The Hall–Kier alpha value is -0.750. The van der Waals surface area contributed by atoms with Crippen LogP contribution >= 0.6 is 31.9 Å². The topological polar surface area (TPSA) is 38.0 Å². The van der Waals surface area contributed by atoms with E-state index in [1.165, 1.54) is 6.07 Å². The molecule has 0 heterocycles. The van der Waals surface area contributed by atoms with Crippen molar-refractivity contribution in [3.05, 3.63) is 68.4 Å². The van der Waals surface area contributed by atoms with Crippen molar-refractivity contribution in [1.82, 2.24) is 5.43 Å². The first-order valence-electron chi connectivity index (χ1n) is 5.76. The van der Waals surface area contributed by atoms with Crippen LogP contribution in [0.3, 0.4) is 0 Å². The molecule has 0 aliphatic carbocycles. The Morgan fingerprint density at radius 3 is 2.53 bits per heavy atom. The summed E-state index contributed by atoms with van der Waals surface area (Å²) in [6.45, 7) is 0. The molecule has 5 heteroatoms. The van der Waals surface area contributed by atoms with Crippen LogP contribution in [0.1, 0.15) is 17.2 Å². The van der Waals surface area contributed by atoms with Crippen molar-refractivity contribution in [3.63, 3.8) is 0 Å². The highest BCUT2D eigenvalue weighted by molar-refractivity contribution is 9.10. The van der Waals surface area contributed by atoms with E-state index in [-0.39, 0.29) is 11.9 Å². The second kappa shape index (κ2) is 6.61. The molecule has 0 saturated heterocycles. The van der Waals surface area contributed by atoms with Gasteiger partial charge in [0.2, 0.25) is 0 Å². The lowest BCUT2D eigenvalue weighted by molar-refractivity contribution is 0.509. The average molecular weight is 388 g/mol. The molecular weight excluding hydrogens is 375 g/mol. The third-order valence-electron chi connectivity index (χ3n) is 2.92. The fraction of sp³-hybridized carbons (Fsp3) is 0.143. The van der Waals surface area contributed by atoms with Crippen molar-refractivity contribution < 1.29 is 4.39 Å². The zero-order chi connectivity index (χ0) is 13.8. The molecule has 2 nitrogen and oxygen atoms in total. The van der Waals surface area contributed by atoms with E-state index >= 15 is 0 Å². The molecule has 1 atom stereocenters. The van der Waals surface area contributed by atoms with Crippen LogP contribution in [0.4, 0.5) is 4.39 Å². The minimum absolute atomic E-state index is 0.271. The van der Waals surface area contributed by atoms with Gasteiger partial charge in [-0.15, -0.1) is 0 Å². The molecule has 2 aromatic rings. The van der Waals surface area contributed by atoms with E-state index in [1.807, 2.05) is 30.3 Å². The summed E-state index contributed by atoms with van der Waals surface area (Å²) in [6, 6.07) is 12.6. The van der Waals surface area contributed by atoms with Gasteiger partial charge in [-0.1, -0.05) is 56.1 Å². The number of benzene rings is 2. The van der Waals surface area contributed by atoms with E-state index in [0.717, 1.165) is 10.0 Å². The van der Waals surface area contributed by atoms with Gasteiger partial charge in [0.25, 0.3) is 0 Å². The standard InChI is InChI=1S/C14H13Br2FN2/c15-10-5-6-11(13(17)8-10)14(19-18)7-9-3-1-2-4-12(9)16/h1-6,8,14,19H,7,18H2. The summed E-state index contributed by atoms with van der Waals surface area (Å²) >= 11 is 6.73. The number of nitrogens with two attached hydrogens (primary N) is 1. The van der Waals surface area contributed by atoms with Crippen molar-refractivity contribution in [2.24, 2.45) is 5.84 Å². The van der Waals surface area contributed by atoms with Crippen LogP contribution in [0.25, 0.3) is 0 Å². The summed E-state index contributed by atoms with van der Waals surface area (Å²) in [4.78, 5) is 0. The molecule has 0 bridgehead atoms. The van der Waals surface area contributed by atoms with Crippen molar-refractivity contribution >= 4 is 31.9 Å². The van der Waals surface area contributed by atoms with Crippen LogP contribution < -0.4 is 11.3 Å². The molecule has 0 fully saturated rings. The van der Waals surface area contributed by atoms with Gasteiger partial charge in [-0.3, -0.25) is 11.3 Å². The second-order valence-corrected chi connectivity index (χ2v) is 5.95. The highest BCUT2D eigenvalue weighted by atomic mass is 79.9. The van der Waals surface area contributed by atoms with E-state index in [9.17, 15) is 4.39 Å². The van der Waals surface area contributed by atoms with Crippen LogP contribution in [-0.2, 0) is 6.42 Å². The molecule has 0 radical (unpaired) electrons. The van der Waals surface area contributed by atoms with Gasteiger partial charge < -0.3 is 0 Å². The van der Waals surface area contributed by atoms with Crippen molar-refractivity contribution in [1.29, 1.82) is 0 Å². The monoisotopic (exact) mass is 386 g/mol. The van der Waals surface area contributed by atoms with E-state index in [1.54, 1.807) is 6.07 Å². The Balaban J connectivity index is 2.28. The van der Waals surface area contributed by atoms with Crippen LogP contribution in [-0.4, -0.2) is 0 Å². The van der Waals surface area contributed by atoms with Gasteiger partial charge >= 0.3 is 0 Å². The molecule has 100 valence electrons. The summed E-state index contributed by atoms with van der Waals surface area (Å²) in [6.07, 6.45) is 0.608. The molecule has 0 amide bonds. The SMILES string of the molecule is NNC(Cc1ccccc1Br)c1ccc(Br)cc1F. The Kier molecular flexibility index (Phi) is 5.10. The maximum atomic E-state index is 14.0. The molecule has 0 aliphatic rings. The lowest BCUT2D eigenvalue weighted by Crippen LogP contribution is -2.30. The number of hydrogen-bond donors (Lipinski definition) is 2. The highest BCUT2D eigenvalue weighted by Crippen LogP contribution is 2.26. The van der Waals surface area contributed by atoms with E-state index in [4.69, 9.17) is 5.84 Å². The van der Waals surface area contributed by atoms with Crippen LogP contribution in [0, 0.1) is 5.82 Å². The molecule has 0 saturated carbocycles. The average Bonchev–Trinajstić information content (AvgIpc) is 2.39. The molecule has 0 aliphatic heterocycles. The fourth-order valence-electron chi connectivity index (χ4n) is 1.93. The molecular formula is C14H13Br2FN2. The van der Waals surface area contributed by atoms with Gasteiger partial charge in [0, 0.05) is 14.5 Å². The zero-order valence-electron chi connectivity index (χ0n) is 10.0. The maximum absolute atomic E-state index is 14.0. The molecule has 2 aromatic carbocycles. The minimum atomic E-state index is -0.274. The zero-order valence-corrected chi connectivity index (χ0v) is 13.2. The third-order valence-corrected chi connectivity index (χ3v) is 4.19. The van der Waals surface area contributed by atoms with Crippen molar-refractivity contribution in [3.8, 4) is 0 Å². The lowest BCUT2D eigenvalue weighted by atomic mass is 9.99. The Bertz CT molecular complexity index is 575. The summed E-state index contributed by atoms with van der Waals surface area (Å²) in [5, 5.41) is 0. The predicted molar refractivity (Wildman–Crippen MR) is 82.0 cm³/mol. The number of hydrazine groups is 1. The number of rotatable bonds is 4. The minimum Gasteiger partial charge on any atom is -0.271 e.